The lowest BCUT2D eigenvalue weighted by Gasteiger charge is -2.31. The Labute approximate surface area is 69.1 Å². The molecule has 1 aliphatic carbocycles. The number of hydrogen-bond acceptors (Lipinski definition) is 1. The molecule has 1 saturated carbocycles. The van der Waals surface area contributed by atoms with Crippen molar-refractivity contribution in [3.8, 4) is 0 Å². The molecule has 0 N–H and O–H groups in total. The molecule has 2 fully saturated rings. The van der Waals surface area contributed by atoms with E-state index in [1.165, 1.54) is 25.7 Å². The largest absolute Gasteiger partial charge is 0.377 e. The Bertz CT molecular complexity index is 137. The summed E-state index contributed by atoms with van der Waals surface area (Å²) >= 11 is 0. The maximum Gasteiger partial charge on any atom is 0.0598 e. The Morgan fingerprint density at radius 1 is 1.27 bits per heavy atom. The van der Waals surface area contributed by atoms with Crippen molar-refractivity contribution in [1.82, 2.24) is 0 Å². The molecule has 2 rings (SSSR count). The Morgan fingerprint density at radius 3 is 2.36 bits per heavy atom. The summed E-state index contributed by atoms with van der Waals surface area (Å²) in [5, 5.41) is 0. The van der Waals surface area contributed by atoms with Crippen molar-refractivity contribution in [2.24, 2.45) is 11.3 Å². The molecule has 0 bridgehead atoms. The molecule has 1 aliphatic heterocycles. The van der Waals surface area contributed by atoms with E-state index in [0.29, 0.717) is 17.4 Å². The van der Waals surface area contributed by atoms with E-state index in [-0.39, 0.29) is 0 Å². The fourth-order valence-electron chi connectivity index (χ4n) is 1.98. The summed E-state index contributed by atoms with van der Waals surface area (Å²) in [4.78, 5) is 0. The van der Waals surface area contributed by atoms with Crippen molar-refractivity contribution in [1.29, 1.82) is 0 Å². The van der Waals surface area contributed by atoms with Crippen molar-refractivity contribution in [3.63, 3.8) is 0 Å². The average Bonchev–Trinajstić information content (AvgIpc) is 2.70. The molecule has 0 unspecified atom stereocenters. The van der Waals surface area contributed by atoms with Crippen molar-refractivity contribution < 1.29 is 4.74 Å². The first-order valence-corrected chi connectivity index (χ1v) is 4.83. The van der Waals surface area contributed by atoms with E-state index >= 15 is 0 Å². The molecule has 1 nitrogen and oxygen atoms in total. The Morgan fingerprint density at radius 2 is 2.00 bits per heavy atom. The van der Waals surface area contributed by atoms with E-state index < -0.39 is 0 Å². The monoisotopic (exact) mass is 154 g/mol. The highest BCUT2D eigenvalue weighted by atomic mass is 16.5. The second-order valence-corrected chi connectivity index (χ2v) is 4.63. The first-order valence-electron chi connectivity index (χ1n) is 4.83. The molecule has 0 aromatic rings. The number of rotatable bonds is 1. The van der Waals surface area contributed by atoms with Gasteiger partial charge in [0.1, 0.15) is 0 Å². The minimum atomic E-state index is 0.557. The van der Waals surface area contributed by atoms with Crippen LogP contribution in [0.25, 0.3) is 0 Å². The average molecular weight is 154 g/mol. The van der Waals surface area contributed by atoms with Gasteiger partial charge in [-0.05, 0) is 37.0 Å². The predicted molar refractivity (Wildman–Crippen MR) is 45.5 cm³/mol. The molecule has 0 aromatic heterocycles. The van der Waals surface area contributed by atoms with Gasteiger partial charge in [0.05, 0.1) is 12.7 Å². The lowest BCUT2D eigenvalue weighted by Crippen LogP contribution is -2.30. The van der Waals surface area contributed by atoms with Crippen molar-refractivity contribution >= 4 is 0 Å². The molecule has 1 saturated heterocycles. The minimum absolute atomic E-state index is 0.557. The van der Waals surface area contributed by atoms with Crippen LogP contribution in [0.5, 0.6) is 0 Å². The number of hydrogen-bond donors (Lipinski definition) is 0. The predicted octanol–water partition coefficient (Wildman–Crippen LogP) is 2.60. The molecule has 64 valence electrons. The van der Waals surface area contributed by atoms with E-state index in [4.69, 9.17) is 4.74 Å². The van der Waals surface area contributed by atoms with Gasteiger partial charge >= 0.3 is 0 Å². The van der Waals surface area contributed by atoms with Crippen LogP contribution in [0, 0.1) is 11.3 Å². The molecule has 1 heterocycles. The van der Waals surface area contributed by atoms with E-state index in [2.05, 4.69) is 13.8 Å². The molecular formula is C10H18O. The molecule has 1 spiro atoms. The van der Waals surface area contributed by atoms with Gasteiger partial charge < -0.3 is 4.74 Å². The second kappa shape index (κ2) is 2.48. The Kier molecular flexibility index (Phi) is 1.71. The third-order valence-corrected chi connectivity index (χ3v) is 3.26. The van der Waals surface area contributed by atoms with Crippen LogP contribution in [-0.2, 0) is 4.74 Å². The smallest absolute Gasteiger partial charge is 0.0598 e. The van der Waals surface area contributed by atoms with E-state index in [1.54, 1.807) is 0 Å². The SMILES string of the molecule is CC(C)[C@H]1CCC2(CC2)CO1. The molecular weight excluding hydrogens is 136 g/mol. The Balaban J connectivity index is 1.84. The molecule has 11 heavy (non-hydrogen) atoms. The zero-order valence-electron chi connectivity index (χ0n) is 7.60. The molecule has 0 radical (unpaired) electrons. The first kappa shape index (κ1) is 7.60. The highest BCUT2D eigenvalue weighted by Gasteiger charge is 2.45. The van der Waals surface area contributed by atoms with Gasteiger partial charge in [0.2, 0.25) is 0 Å². The summed E-state index contributed by atoms with van der Waals surface area (Å²) in [6.45, 7) is 5.57. The van der Waals surface area contributed by atoms with Crippen LogP contribution in [0.15, 0.2) is 0 Å². The lowest BCUT2D eigenvalue weighted by molar-refractivity contribution is -0.0476. The van der Waals surface area contributed by atoms with Gasteiger partial charge in [0, 0.05) is 0 Å². The van der Waals surface area contributed by atoms with Crippen molar-refractivity contribution in [2.45, 2.75) is 45.6 Å². The van der Waals surface area contributed by atoms with Gasteiger partial charge in [-0.15, -0.1) is 0 Å². The summed E-state index contributed by atoms with van der Waals surface area (Å²) in [6, 6.07) is 0. The fourth-order valence-corrected chi connectivity index (χ4v) is 1.98. The van der Waals surface area contributed by atoms with Gasteiger partial charge in [0.25, 0.3) is 0 Å². The molecule has 1 heteroatoms. The van der Waals surface area contributed by atoms with Crippen LogP contribution in [-0.4, -0.2) is 12.7 Å². The maximum atomic E-state index is 5.82. The highest BCUT2D eigenvalue weighted by molar-refractivity contribution is 4.96. The van der Waals surface area contributed by atoms with Gasteiger partial charge in [-0.1, -0.05) is 13.8 Å². The van der Waals surface area contributed by atoms with E-state index in [1.807, 2.05) is 0 Å². The van der Waals surface area contributed by atoms with Gasteiger partial charge in [0.15, 0.2) is 0 Å². The van der Waals surface area contributed by atoms with Gasteiger partial charge in [-0.25, -0.2) is 0 Å². The summed E-state index contributed by atoms with van der Waals surface area (Å²) in [7, 11) is 0. The fraction of sp³-hybridized carbons (Fsp3) is 1.00. The quantitative estimate of drug-likeness (QED) is 0.564. The standard InChI is InChI=1S/C10H18O/c1-8(2)9-3-4-10(5-6-10)7-11-9/h8-9H,3-7H2,1-2H3/t9-/m1/s1. The molecule has 1 atom stereocenters. The van der Waals surface area contributed by atoms with Crippen LogP contribution < -0.4 is 0 Å². The zero-order chi connectivity index (χ0) is 7.90. The first-order chi connectivity index (χ1) is 5.22. The summed E-state index contributed by atoms with van der Waals surface area (Å²) in [5.41, 5.74) is 0.672. The van der Waals surface area contributed by atoms with Crippen LogP contribution in [0.1, 0.15) is 39.5 Å². The van der Waals surface area contributed by atoms with Crippen LogP contribution in [0.4, 0.5) is 0 Å². The topological polar surface area (TPSA) is 9.23 Å². The summed E-state index contributed by atoms with van der Waals surface area (Å²) in [5.74, 6) is 0.714. The van der Waals surface area contributed by atoms with Gasteiger partial charge in [-0.3, -0.25) is 0 Å². The number of ether oxygens (including phenoxy) is 1. The molecule has 2 aliphatic rings. The minimum Gasteiger partial charge on any atom is -0.377 e. The van der Waals surface area contributed by atoms with Crippen molar-refractivity contribution in [3.05, 3.63) is 0 Å². The zero-order valence-corrected chi connectivity index (χ0v) is 7.60. The van der Waals surface area contributed by atoms with E-state index in [9.17, 15) is 0 Å². The summed E-state index contributed by atoms with van der Waals surface area (Å²) in [6.07, 6.45) is 6.14. The highest BCUT2D eigenvalue weighted by Crippen LogP contribution is 2.52. The third kappa shape index (κ3) is 1.44. The van der Waals surface area contributed by atoms with Gasteiger partial charge in [-0.2, -0.15) is 0 Å². The van der Waals surface area contributed by atoms with Crippen molar-refractivity contribution in [2.75, 3.05) is 6.61 Å². The lowest BCUT2D eigenvalue weighted by atomic mass is 9.91. The second-order valence-electron chi connectivity index (χ2n) is 4.63. The Hall–Kier alpha value is -0.0400. The normalized spacial score (nSPS) is 34.6. The van der Waals surface area contributed by atoms with Crippen LogP contribution >= 0.6 is 0 Å². The maximum absolute atomic E-state index is 5.82. The third-order valence-electron chi connectivity index (χ3n) is 3.26. The molecule has 0 aromatic carbocycles. The van der Waals surface area contributed by atoms with Crippen LogP contribution in [0.2, 0.25) is 0 Å². The molecule has 0 amide bonds. The van der Waals surface area contributed by atoms with Crippen LogP contribution in [0.3, 0.4) is 0 Å². The summed E-state index contributed by atoms with van der Waals surface area (Å²) < 4.78 is 5.82. The van der Waals surface area contributed by atoms with E-state index in [0.717, 1.165) is 6.61 Å².